The zero-order valence-electron chi connectivity index (χ0n) is 14.7. The number of hydrogen-bond acceptors (Lipinski definition) is 3. The van der Waals surface area contributed by atoms with Gasteiger partial charge in [0.1, 0.15) is 0 Å². The highest BCUT2D eigenvalue weighted by atomic mass is 16.5. The van der Waals surface area contributed by atoms with E-state index in [4.69, 9.17) is 4.74 Å². The Morgan fingerprint density at radius 1 is 1.14 bits per heavy atom. The number of nitrogens with one attached hydrogen (secondary N) is 1. The van der Waals surface area contributed by atoms with Crippen molar-refractivity contribution in [3.05, 3.63) is 0 Å². The van der Waals surface area contributed by atoms with E-state index in [1.807, 2.05) is 0 Å². The Morgan fingerprint density at radius 2 is 1.86 bits per heavy atom. The number of ether oxygens (including phenoxy) is 1. The number of rotatable bonds is 6. The lowest BCUT2D eigenvalue weighted by Gasteiger charge is -2.39. The standard InChI is InChI=1S/C19H35NO2/c1-18(2)14-9-10-19(18,3)17(11-14)22-13-16(21)12-20-15-7-5-4-6-8-15/h14-17,20-21H,4-13H2,1-3H3/t14-,16+,17-,19-/m0/s1. The van der Waals surface area contributed by atoms with Crippen LogP contribution in [0.15, 0.2) is 0 Å². The second-order valence-corrected chi connectivity index (χ2v) is 8.83. The minimum Gasteiger partial charge on any atom is -0.389 e. The van der Waals surface area contributed by atoms with Gasteiger partial charge < -0.3 is 15.2 Å². The van der Waals surface area contributed by atoms with Gasteiger partial charge in [-0.1, -0.05) is 40.0 Å². The third kappa shape index (κ3) is 2.97. The summed E-state index contributed by atoms with van der Waals surface area (Å²) >= 11 is 0. The summed E-state index contributed by atoms with van der Waals surface area (Å²) in [6.45, 7) is 8.39. The van der Waals surface area contributed by atoms with Gasteiger partial charge in [0.05, 0.1) is 18.8 Å². The van der Waals surface area contributed by atoms with E-state index in [1.165, 1.54) is 51.4 Å². The predicted octanol–water partition coefficient (Wildman–Crippen LogP) is 3.50. The molecule has 3 heteroatoms. The molecule has 0 aliphatic heterocycles. The molecule has 0 aromatic carbocycles. The van der Waals surface area contributed by atoms with E-state index in [-0.39, 0.29) is 6.10 Å². The van der Waals surface area contributed by atoms with E-state index in [2.05, 4.69) is 26.1 Å². The van der Waals surface area contributed by atoms with Crippen LogP contribution in [0.5, 0.6) is 0 Å². The summed E-state index contributed by atoms with van der Waals surface area (Å²) in [4.78, 5) is 0. The fourth-order valence-electron chi connectivity index (χ4n) is 5.28. The minimum absolute atomic E-state index is 0.300. The quantitative estimate of drug-likeness (QED) is 0.789. The molecule has 0 unspecified atom stereocenters. The molecule has 3 saturated carbocycles. The Bertz CT molecular complexity index is 378. The van der Waals surface area contributed by atoms with Gasteiger partial charge in [-0.3, -0.25) is 0 Å². The van der Waals surface area contributed by atoms with E-state index < -0.39 is 0 Å². The second-order valence-electron chi connectivity index (χ2n) is 8.83. The molecule has 3 aliphatic rings. The molecule has 3 fully saturated rings. The SMILES string of the molecule is CC1(C)[C@H]2CC[C@@]1(C)[C@@H](OC[C@H](O)CNC1CCCCC1)C2. The average molecular weight is 309 g/mol. The topological polar surface area (TPSA) is 41.5 Å². The van der Waals surface area contributed by atoms with Crippen LogP contribution < -0.4 is 5.32 Å². The first-order valence-electron chi connectivity index (χ1n) is 9.46. The molecule has 0 aromatic heterocycles. The van der Waals surface area contributed by atoms with E-state index in [0.29, 0.717) is 36.1 Å². The normalized spacial score (nSPS) is 39.3. The van der Waals surface area contributed by atoms with E-state index in [9.17, 15) is 5.11 Å². The van der Waals surface area contributed by atoms with Gasteiger partial charge in [-0.15, -0.1) is 0 Å². The number of aliphatic hydroxyl groups is 1. The molecule has 3 nitrogen and oxygen atoms in total. The summed E-state index contributed by atoms with van der Waals surface area (Å²) < 4.78 is 6.19. The summed E-state index contributed by atoms with van der Waals surface area (Å²) in [5, 5.41) is 13.8. The van der Waals surface area contributed by atoms with E-state index in [1.54, 1.807) is 0 Å². The summed E-state index contributed by atoms with van der Waals surface area (Å²) in [5.74, 6) is 0.806. The maximum atomic E-state index is 10.2. The smallest absolute Gasteiger partial charge is 0.0897 e. The summed E-state index contributed by atoms with van der Waals surface area (Å²) in [6.07, 6.45) is 10.4. The maximum Gasteiger partial charge on any atom is 0.0897 e. The molecule has 0 radical (unpaired) electrons. The van der Waals surface area contributed by atoms with Gasteiger partial charge in [0, 0.05) is 12.6 Å². The fraction of sp³-hybridized carbons (Fsp3) is 1.00. The largest absolute Gasteiger partial charge is 0.389 e. The Morgan fingerprint density at radius 3 is 2.45 bits per heavy atom. The molecule has 22 heavy (non-hydrogen) atoms. The van der Waals surface area contributed by atoms with Crippen molar-refractivity contribution in [2.75, 3.05) is 13.2 Å². The average Bonchev–Trinajstić information content (AvgIpc) is 2.85. The van der Waals surface area contributed by atoms with Crippen molar-refractivity contribution in [3.8, 4) is 0 Å². The van der Waals surface area contributed by atoms with Gasteiger partial charge in [0.25, 0.3) is 0 Å². The molecule has 4 atom stereocenters. The van der Waals surface area contributed by atoms with Crippen LogP contribution in [0.3, 0.4) is 0 Å². The summed E-state index contributed by atoms with van der Waals surface area (Å²) in [5.41, 5.74) is 0.692. The first kappa shape index (κ1) is 16.7. The van der Waals surface area contributed by atoms with Crippen LogP contribution >= 0.6 is 0 Å². The lowest BCUT2D eigenvalue weighted by Crippen LogP contribution is -2.41. The molecular formula is C19H35NO2. The zero-order chi connectivity index (χ0) is 15.8. The van der Waals surface area contributed by atoms with Crippen molar-refractivity contribution in [2.24, 2.45) is 16.7 Å². The minimum atomic E-state index is -0.368. The van der Waals surface area contributed by atoms with Crippen molar-refractivity contribution >= 4 is 0 Å². The Hall–Kier alpha value is -0.120. The molecule has 3 aliphatic carbocycles. The molecule has 0 amide bonds. The number of fused-ring (bicyclic) bond motifs is 2. The van der Waals surface area contributed by atoms with Gasteiger partial charge in [-0.25, -0.2) is 0 Å². The van der Waals surface area contributed by atoms with E-state index in [0.717, 1.165) is 5.92 Å². The highest BCUT2D eigenvalue weighted by Gasteiger charge is 2.61. The fourth-order valence-corrected chi connectivity index (χ4v) is 5.28. The van der Waals surface area contributed by atoms with Crippen LogP contribution in [0.2, 0.25) is 0 Å². The maximum absolute atomic E-state index is 10.2. The summed E-state index contributed by atoms with van der Waals surface area (Å²) in [6, 6.07) is 0.613. The molecular weight excluding hydrogens is 274 g/mol. The van der Waals surface area contributed by atoms with Crippen molar-refractivity contribution in [1.29, 1.82) is 0 Å². The lowest BCUT2D eigenvalue weighted by atomic mass is 9.70. The molecule has 0 spiro atoms. The van der Waals surface area contributed by atoms with Crippen LogP contribution in [0.1, 0.15) is 72.1 Å². The van der Waals surface area contributed by atoms with Crippen LogP contribution in [0.25, 0.3) is 0 Å². The van der Waals surface area contributed by atoms with Crippen LogP contribution in [0, 0.1) is 16.7 Å². The molecule has 0 heterocycles. The van der Waals surface area contributed by atoms with Crippen LogP contribution in [0.4, 0.5) is 0 Å². The zero-order valence-corrected chi connectivity index (χ0v) is 14.7. The molecule has 0 aromatic rings. The molecule has 128 valence electrons. The molecule has 2 bridgehead atoms. The Kier molecular flexibility index (Phi) is 4.87. The molecule has 0 saturated heterocycles. The molecule has 3 rings (SSSR count). The van der Waals surface area contributed by atoms with Gasteiger partial charge in [0.15, 0.2) is 0 Å². The first-order valence-corrected chi connectivity index (χ1v) is 9.46. The number of aliphatic hydroxyl groups excluding tert-OH is 1. The monoisotopic (exact) mass is 309 g/mol. The van der Waals surface area contributed by atoms with Crippen molar-refractivity contribution in [3.63, 3.8) is 0 Å². The van der Waals surface area contributed by atoms with Crippen molar-refractivity contribution in [1.82, 2.24) is 5.32 Å². The Labute approximate surface area is 136 Å². The van der Waals surface area contributed by atoms with Gasteiger partial charge in [-0.2, -0.15) is 0 Å². The van der Waals surface area contributed by atoms with E-state index >= 15 is 0 Å². The predicted molar refractivity (Wildman–Crippen MR) is 89.9 cm³/mol. The van der Waals surface area contributed by atoms with Gasteiger partial charge in [0.2, 0.25) is 0 Å². The third-order valence-electron chi connectivity index (χ3n) is 7.45. The third-order valence-corrected chi connectivity index (χ3v) is 7.45. The van der Waals surface area contributed by atoms with Gasteiger partial charge in [-0.05, 0) is 48.9 Å². The lowest BCUT2D eigenvalue weighted by molar-refractivity contribution is -0.0745. The van der Waals surface area contributed by atoms with Gasteiger partial charge >= 0.3 is 0 Å². The highest BCUT2D eigenvalue weighted by Crippen LogP contribution is 2.66. The van der Waals surface area contributed by atoms with Crippen molar-refractivity contribution in [2.45, 2.75) is 90.4 Å². The van der Waals surface area contributed by atoms with Crippen LogP contribution in [-0.4, -0.2) is 36.5 Å². The van der Waals surface area contributed by atoms with Crippen LogP contribution in [-0.2, 0) is 4.74 Å². The summed E-state index contributed by atoms with van der Waals surface area (Å²) in [7, 11) is 0. The Balaban J connectivity index is 1.41. The molecule has 2 N–H and O–H groups in total. The van der Waals surface area contributed by atoms with Crippen molar-refractivity contribution < 1.29 is 9.84 Å². The number of hydrogen-bond donors (Lipinski definition) is 2. The second kappa shape index (κ2) is 6.41. The highest BCUT2D eigenvalue weighted by molar-refractivity contribution is 5.11. The first-order chi connectivity index (χ1) is 10.4.